The number of benzene rings is 1. The molecule has 0 aliphatic carbocycles. The lowest BCUT2D eigenvalue weighted by molar-refractivity contribution is 0.232. The molecule has 0 spiro atoms. The summed E-state index contributed by atoms with van der Waals surface area (Å²) in [6.07, 6.45) is 3.78. The molecule has 0 unspecified atom stereocenters. The summed E-state index contributed by atoms with van der Waals surface area (Å²) in [6, 6.07) is 5.60. The number of urea groups is 1. The molecule has 7 heteroatoms. The van der Waals surface area contributed by atoms with Crippen LogP contribution in [0.3, 0.4) is 0 Å². The number of hydrogen-bond acceptors (Lipinski definition) is 3. The third kappa shape index (κ3) is 4.97. The number of hydrogen-bond donors (Lipinski definition) is 2. The molecule has 0 bridgehead atoms. The van der Waals surface area contributed by atoms with Crippen LogP contribution >= 0.6 is 11.6 Å². The maximum atomic E-state index is 12.0. The maximum absolute atomic E-state index is 12.0. The molecule has 0 saturated heterocycles. The van der Waals surface area contributed by atoms with Crippen molar-refractivity contribution in [1.29, 1.82) is 0 Å². The third-order valence-corrected chi connectivity index (χ3v) is 4.29. The van der Waals surface area contributed by atoms with Crippen LogP contribution < -0.4 is 10.6 Å². The number of amides is 2. The second-order valence-corrected chi connectivity index (χ2v) is 6.48. The highest BCUT2D eigenvalue weighted by Gasteiger charge is 2.16. The maximum Gasteiger partial charge on any atom is 0.315 e. The van der Waals surface area contributed by atoms with Crippen LogP contribution in [0.15, 0.2) is 30.6 Å². The standard InChI is InChI=1S/C17H24ClN5O/c1-12-7-13(5-6-15(12)18)8-19-17(24)20-10-16(22(2)3)14-9-21-23(4)11-14/h5-7,9,11,16H,8,10H2,1-4H3,(H2,19,20,24)/t16-/m0/s1. The van der Waals surface area contributed by atoms with E-state index in [0.717, 1.165) is 21.7 Å². The Labute approximate surface area is 147 Å². The van der Waals surface area contributed by atoms with Crippen LogP contribution in [0.1, 0.15) is 22.7 Å². The van der Waals surface area contributed by atoms with E-state index < -0.39 is 0 Å². The number of likely N-dealkylation sites (N-methyl/N-ethyl adjacent to an activating group) is 1. The van der Waals surface area contributed by atoms with E-state index in [1.54, 1.807) is 4.68 Å². The molecular formula is C17H24ClN5O. The smallest absolute Gasteiger partial charge is 0.315 e. The molecule has 0 radical (unpaired) electrons. The van der Waals surface area contributed by atoms with Crippen molar-refractivity contribution < 1.29 is 4.79 Å². The molecule has 2 amide bonds. The summed E-state index contributed by atoms with van der Waals surface area (Å²) in [6.45, 7) is 2.91. The van der Waals surface area contributed by atoms with E-state index in [4.69, 9.17) is 11.6 Å². The van der Waals surface area contributed by atoms with Gasteiger partial charge in [0.05, 0.1) is 12.2 Å². The summed E-state index contributed by atoms with van der Waals surface area (Å²) < 4.78 is 1.76. The molecule has 1 heterocycles. The Balaban J connectivity index is 1.86. The summed E-state index contributed by atoms with van der Waals surface area (Å²) in [4.78, 5) is 14.1. The molecule has 0 fully saturated rings. The highest BCUT2D eigenvalue weighted by molar-refractivity contribution is 6.31. The molecule has 24 heavy (non-hydrogen) atoms. The number of aryl methyl sites for hydroxylation is 2. The van der Waals surface area contributed by atoms with E-state index in [-0.39, 0.29) is 12.1 Å². The van der Waals surface area contributed by atoms with Crippen molar-refractivity contribution in [2.24, 2.45) is 7.05 Å². The number of rotatable bonds is 6. The fraction of sp³-hybridized carbons (Fsp3) is 0.412. The van der Waals surface area contributed by atoms with Gasteiger partial charge in [0.2, 0.25) is 0 Å². The van der Waals surface area contributed by atoms with Crippen molar-refractivity contribution in [2.45, 2.75) is 19.5 Å². The van der Waals surface area contributed by atoms with Gasteiger partial charge in [-0.05, 0) is 38.2 Å². The fourth-order valence-corrected chi connectivity index (χ4v) is 2.58. The summed E-state index contributed by atoms with van der Waals surface area (Å²) >= 11 is 6.01. The summed E-state index contributed by atoms with van der Waals surface area (Å²) in [5.41, 5.74) is 3.08. The van der Waals surface area contributed by atoms with Crippen LogP contribution in [0.2, 0.25) is 5.02 Å². The Hall–Kier alpha value is -2.05. The largest absolute Gasteiger partial charge is 0.336 e. The molecule has 130 valence electrons. The van der Waals surface area contributed by atoms with Crippen LogP contribution in [-0.4, -0.2) is 41.4 Å². The predicted octanol–water partition coefficient (Wildman–Crippen LogP) is 2.48. The first-order valence-electron chi connectivity index (χ1n) is 7.78. The number of halogens is 1. The lowest BCUT2D eigenvalue weighted by Gasteiger charge is -2.23. The van der Waals surface area contributed by atoms with Gasteiger partial charge in [-0.15, -0.1) is 0 Å². The van der Waals surface area contributed by atoms with Crippen molar-refractivity contribution in [2.75, 3.05) is 20.6 Å². The Kier molecular flexibility index (Phi) is 6.23. The van der Waals surface area contributed by atoms with Crippen molar-refractivity contribution in [3.05, 3.63) is 52.3 Å². The number of carbonyl (C=O) groups excluding carboxylic acids is 1. The van der Waals surface area contributed by atoms with E-state index in [1.165, 1.54) is 0 Å². The minimum Gasteiger partial charge on any atom is -0.336 e. The Morgan fingerprint density at radius 3 is 2.71 bits per heavy atom. The Bertz CT molecular complexity index is 698. The van der Waals surface area contributed by atoms with E-state index in [0.29, 0.717) is 13.1 Å². The van der Waals surface area contributed by atoms with E-state index >= 15 is 0 Å². The van der Waals surface area contributed by atoms with E-state index in [1.807, 2.05) is 58.7 Å². The van der Waals surface area contributed by atoms with Gasteiger partial charge in [-0.1, -0.05) is 23.7 Å². The molecule has 1 aromatic carbocycles. The number of nitrogens with one attached hydrogen (secondary N) is 2. The van der Waals surface area contributed by atoms with Gasteiger partial charge in [0.1, 0.15) is 0 Å². The van der Waals surface area contributed by atoms with E-state index in [9.17, 15) is 4.79 Å². The minimum atomic E-state index is -0.196. The number of nitrogens with zero attached hydrogens (tertiary/aromatic N) is 3. The second kappa shape index (κ2) is 8.17. The van der Waals surface area contributed by atoms with Gasteiger partial charge >= 0.3 is 6.03 Å². The van der Waals surface area contributed by atoms with Gasteiger partial charge < -0.3 is 15.5 Å². The van der Waals surface area contributed by atoms with Gasteiger partial charge in [0.25, 0.3) is 0 Å². The lowest BCUT2D eigenvalue weighted by Crippen LogP contribution is -2.40. The number of carbonyl (C=O) groups is 1. The number of aromatic nitrogens is 2. The Morgan fingerprint density at radius 2 is 2.12 bits per heavy atom. The third-order valence-electron chi connectivity index (χ3n) is 3.86. The molecule has 0 aliphatic rings. The highest BCUT2D eigenvalue weighted by atomic mass is 35.5. The van der Waals surface area contributed by atoms with Crippen molar-refractivity contribution >= 4 is 17.6 Å². The molecular weight excluding hydrogens is 326 g/mol. The average Bonchev–Trinajstić information content (AvgIpc) is 2.94. The first kappa shape index (κ1) is 18.3. The highest BCUT2D eigenvalue weighted by Crippen LogP contribution is 2.17. The Morgan fingerprint density at radius 1 is 1.38 bits per heavy atom. The van der Waals surface area contributed by atoms with Crippen molar-refractivity contribution in [3.63, 3.8) is 0 Å². The van der Waals surface area contributed by atoms with Gasteiger partial charge in [0.15, 0.2) is 0 Å². The van der Waals surface area contributed by atoms with Crippen LogP contribution in [-0.2, 0) is 13.6 Å². The SMILES string of the molecule is Cc1cc(CNC(=O)NC[C@@H](c2cnn(C)c2)N(C)C)ccc1Cl. The van der Waals surface area contributed by atoms with Gasteiger partial charge in [-0.3, -0.25) is 4.68 Å². The zero-order valence-corrected chi connectivity index (χ0v) is 15.3. The monoisotopic (exact) mass is 349 g/mol. The predicted molar refractivity (Wildman–Crippen MR) is 96.1 cm³/mol. The molecule has 0 saturated carbocycles. The van der Waals surface area contributed by atoms with E-state index in [2.05, 4.69) is 20.6 Å². The van der Waals surface area contributed by atoms with Crippen LogP contribution in [0, 0.1) is 6.92 Å². The average molecular weight is 350 g/mol. The van der Waals surface area contributed by atoms with Crippen LogP contribution in [0.4, 0.5) is 4.79 Å². The molecule has 1 aromatic heterocycles. The quantitative estimate of drug-likeness (QED) is 0.842. The van der Waals surface area contributed by atoms with Gasteiger partial charge in [0, 0.05) is 36.9 Å². The van der Waals surface area contributed by atoms with Crippen LogP contribution in [0.25, 0.3) is 0 Å². The molecule has 2 rings (SSSR count). The zero-order valence-electron chi connectivity index (χ0n) is 14.5. The first-order valence-corrected chi connectivity index (χ1v) is 8.16. The van der Waals surface area contributed by atoms with Crippen molar-refractivity contribution in [3.8, 4) is 0 Å². The lowest BCUT2D eigenvalue weighted by atomic mass is 10.1. The normalized spacial score (nSPS) is 12.2. The van der Waals surface area contributed by atoms with Crippen LogP contribution in [0.5, 0.6) is 0 Å². The zero-order chi connectivity index (χ0) is 17.7. The summed E-state index contributed by atoms with van der Waals surface area (Å²) in [5, 5.41) is 10.7. The molecule has 2 aromatic rings. The second-order valence-electron chi connectivity index (χ2n) is 6.07. The van der Waals surface area contributed by atoms with Gasteiger partial charge in [-0.2, -0.15) is 5.10 Å². The molecule has 0 aliphatic heterocycles. The topological polar surface area (TPSA) is 62.2 Å². The molecule has 6 nitrogen and oxygen atoms in total. The minimum absolute atomic E-state index is 0.0715. The summed E-state index contributed by atoms with van der Waals surface area (Å²) in [5.74, 6) is 0. The van der Waals surface area contributed by atoms with Gasteiger partial charge in [-0.25, -0.2) is 4.79 Å². The molecule has 1 atom stereocenters. The van der Waals surface area contributed by atoms with Crippen molar-refractivity contribution in [1.82, 2.24) is 25.3 Å². The first-order chi connectivity index (χ1) is 11.4. The summed E-state index contributed by atoms with van der Waals surface area (Å²) in [7, 11) is 5.84. The molecule has 2 N–H and O–H groups in total. The fourth-order valence-electron chi connectivity index (χ4n) is 2.46.